The van der Waals surface area contributed by atoms with Crippen LogP contribution < -0.4 is 11.1 Å². The molecule has 1 aliphatic rings. The maximum Gasteiger partial charge on any atom is 0.238 e. The molecule has 3 N–H and O–H groups in total. The third-order valence-electron chi connectivity index (χ3n) is 3.95. The second-order valence-electron chi connectivity index (χ2n) is 5.86. The molecule has 6 heteroatoms. The Hall–Kier alpha value is -0.970. The summed E-state index contributed by atoms with van der Waals surface area (Å²) >= 11 is 12.2. The highest BCUT2D eigenvalue weighted by Gasteiger charge is 2.24. The monoisotopic (exact) mass is 329 g/mol. The summed E-state index contributed by atoms with van der Waals surface area (Å²) in [5.74, 6) is 0.616. The number of piperidine rings is 1. The molecular formula is C15H21Cl2N3O. The number of hydrogen-bond donors (Lipinski definition) is 2. The van der Waals surface area contributed by atoms with Crippen LogP contribution in [0.3, 0.4) is 0 Å². The number of hydrogen-bond acceptors (Lipinski definition) is 3. The zero-order valence-corrected chi connectivity index (χ0v) is 13.8. The molecule has 21 heavy (non-hydrogen) atoms. The van der Waals surface area contributed by atoms with Crippen LogP contribution in [0.15, 0.2) is 12.1 Å². The van der Waals surface area contributed by atoms with Crippen molar-refractivity contribution in [3.05, 3.63) is 22.2 Å². The second kappa shape index (κ2) is 6.86. The zero-order valence-electron chi connectivity index (χ0n) is 12.3. The van der Waals surface area contributed by atoms with E-state index in [-0.39, 0.29) is 5.91 Å². The summed E-state index contributed by atoms with van der Waals surface area (Å²) in [5.41, 5.74) is 6.55. The van der Waals surface area contributed by atoms with E-state index in [9.17, 15) is 4.79 Å². The topological polar surface area (TPSA) is 58.4 Å². The molecule has 1 aromatic carbocycles. The van der Waals surface area contributed by atoms with Gasteiger partial charge in [-0.15, -0.1) is 0 Å². The quantitative estimate of drug-likeness (QED) is 0.832. The zero-order chi connectivity index (χ0) is 15.6. The molecule has 0 aliphatic carbocycles. The summed E-state index contributed by atoms with van der Waals surface area (Å²) in [5, 5.41) is 3.50. The number of nitrogens with two attached hydrogens (primary N) is 1. The molecule has 0 saturated carbocycles. The van der Waals surface area contributed by atoms with Crippen molar-refractivity contribution in [3.8, 4) is 0 Å². The fourth-order valence-corrected chi connectivity index (χ4v) is 3.36. The first-order valence-corrected chi connectivity index (χ1v) is 7.91. The van der Waals surface area contributed by atoms with Crippen LogP contribution in [-0.4, -0.2) is 29.9 Å². The number of carbonyl (C=O) groups excluding carboxylic acids is 1. The SMILES string of the molecule is CC1CCN(CC(=O)Nc2c(Cl)cc(N)cc2Cl)C(C)C1. The van der Waals surface area contributed by atoms with Gasteiger partial charge in [-0.25, -0.2) is 0 Å². The molecule has 116 valence electrons. The molecule has 2 atom stereocenters. The number of halogens is 2. The van der Waals surface area contributed by atoms with Crippen LogP contribution in [0.1, 0.15) is 26.7 Å². The Morgan fingerprint density at radius 1 is 1.38 bits per heavy atom. The van der Waals surface area contributed by atoms with E-state index in [0.29, 0.717) is 34.0 Å². The van der Waals surface area contributed by atoms with Gasteiger partial charge >= 0.3 is 0 Å². The van der Waals surface area contributed by atoms with E-state index in [2.05, 4.69) is 24.1 Å². The number of benzene rings is 1. The van der Waals surface area contributed by atoms with Gasteiger partial charge in [-0.3, -0.25) is 9.69 Å². The van der Waals surface area contributed by atoms with Gasteiger partial charge in [0.25, 0.3) is 0 Å². The summed E-state index contributed by atoms with van der Waals surface area (Å²) in [6.07, 6.45) is 2.25. The number of nitrogen functional groups attached to an aromatic ring is 1. The largest absolute Gasteiger partial charge is 0.399 e. The van der Waals surface area contributed by atoms with Gasteiger partial charge < -0.3 is 11.1 Å². The van der Waals surface area contributed by atoms with Gasteiger partial charge in [-0.2, -0.15) is 0 Å². The number of nitrogens with zero attached hydrogens (tertiary/aromatic N) is 1. The molecule has 1 saturated heterocycles. The Kier molecular flexibility index (Phi) is 5.36. The van der Waals surface area contributed by atoms with Gasteiger partial charge in [0, 0.05) is 11.7 Å². The third kappa shape index (κ3) is 4.25. The van der Waals surface area contributed by atoms with E-state index < -0.39 is 0 Å². The molecule has 1 aliphatic heterocycles. The molecule has 4 nitrogen and oxygen atoms in total. The Bertz CT molecular complexity index is 513. The van der Waals surface area contributed by atoms with Crippen molar-refractivity contribution in [2.24, 2.45) is 5.92 Å². The van der Waals surface area contributed by atoms with E-state index in [1.165, 1.54) is 0 Å². The maximum absolute atomic E-state index is 12.2. The molecule has 2 unspecified atom stereocenters. The first kappa shape index (κ1) is 16.4. The van der Waals surface area contributed by atoms with Crippen molar-refractivity contribution in [2.45, 2.75) is 32.7 Å². The predicted molar refractivity (Wildman–Crippen MR) is 88.9 cm³/mol. The average molecular weight is 330 g/mol. The number of carbonyl (C=O) groups is 1. The highest BCUT2D eigenvalue weighted by Crippen LogP contribution is 2.32. The van der Waals surface area contributed by atoms with Crippen LogP contribution in [-0.2, 0) is 4.79 Å². The Morgan fingerprint density at radius 3 is 2.57 bits per heavy atom. The average Bonchev–Trinajstić information content (AvgIpc) is 2.37. The molecule has 0 aromatic heterocycles. The van der Waals surface area contributed by atoms with Crippen LogP contribution in [0.4, 0.5) is 11.4 Å². The molecule has 2 rings (SSSR count). The van der Waals surface area contributed by atoms with Gasteiger partial charge in [0.05, 0.1) is 22.3 Å². The second-order valence-corrected chi connectivity index (χ2v) is 6.67. The number of anilines is 2. The van der Waals surface area contributed by atoms with Crippen molar-refractivity contribution in [1.29, 1.82) is 0 Å². The minimum Gasteiger partial charge on any atom is -0.399 e. The first-order valence-electron chi connectivity index (χ1n) is 7.15. The lowest BCUT2D eigenvalue weighted by molar-refractivity contribution is -0.118. The molecule has 1 aromatic rings. The van der Waals surface area contributed by atoms with E-state index >= 15 is 0 Å². The van der Waals surface area contributed by atoms with Crippen LogP contribution in [0.5, 0.6) is 0 Å². The minimum atomic E-state index is -0.107. The Balaban J connectivity index is 1.99. The van der Waals surface area contributed by atoms with Crippen LogP contribution in [0.25, 0.3) is 0 Å². The molecule has 1 amide bonds. The van der Waals surface area contributed by atoms with E-state index in [1.807, 2.05) is 0 Å². The van der Waals surface area contributed by atoms with Gasteiger partial charge in [-0.05, 0) is 44.4 Å². The highest BCUT2D eigenvalue weighted by atomic mass is 35.5. The molecule has 1 fully saturated rings. The van der Waals surface area contributed by atoms with Crippen molar-refractivity contribution < 1.29 is 4.79 Å². The lowest BCUT2D eigenvalue weighted by Crippen LogP contribution is -2.44. The van der Waals surface area contributed by atoms with Crippen LogP contribution >= 0.6 is 23.2 Å². The number of likely N-dealkylation sites (tertiary alicyclic amines) is 1. The molecule has 1 heterocycles. The smallest absolute Gasteiger partial charge is 0.238 e. The highest BCUT2D eigenvalue weighted by molar-refractivity contribution is 6.40. The number of rotatable bonds is 3. The number of nitrogens with one attached hydrogen (secondary N) is 1. The van der Waals surface area contributed by atoms with Crippen molar-refractivity contribution in [1.82, 2.24) is 4.90 Å². The molecular weight excluding hydrogens is 309 g/mol. The van der Waals surface area contributed by atoms with Crippen LogP contribution in [0, 0.1) is 5.92 Å². The normalized spacial score (nSPS) is 23.0. The summed E-state index contributed by atoms with van der Waals surface area (Å²) in [6, 6.07) is 3.57. The van der Waals surface area contributed by atoms with E-state index in [1.54, 1.807) is 12.1 Å². The fourth-order valence-electron chi connectivity index (χ4n) is 2.77. The minimum absolute atomic E-state index is 0.107. The van der Waals surface area contributed by atoms with Gasteiger partial charge in [0.15, 0.2) is 0 Å². The van der Waals surface area contributed by atoms with Crippen molar-refractivity contribution in [3.63, 3.8) is 0 Å². The van der Waals surface area contributed by atoms with Gasteiger partial charge in [-0.1, -0.05) is 30.1 Å². The molecule has 0 radical (unpaired) electrons. The van der Waals surface area contributed by atoms with Gasteiger partial charge in [0.1, 0.15) is 0 Å². The summed E-state index contributed by atoms with van der Waals surface area (Å²) in [7, 11) is 0. The third-order valence-corrected chi connectivity index (χ3v) is 4.55. The van der Waals surface area contributed by atoms with Crippen molar-refractivity contribution >= 4 is 40.5 Å². The standard InChI is InChI=1S/C15H21Cl2N3O/c1-9-3-4-20(10(2)5-9)8-14(21)19-15-12(16)6-11(18)7-13(15)17/h6-7,9-10H,3-5,8,18H2,1-2H3,(H,19,21). The summed E-state index contributed by atoms with van der Waals surface area (Å²) in [4.78, 5) is 14.4. The summed E-state index contributed by atoms with van der Waals surface area (Å²) < 4.78 is 0. The lowest BCUT2D eigenvalue weighted by atomic mass is 9.93. The predicted octanol–water partition coefficient (Wildman–Crippen LogP) is 3.63. The first-order chi connectivity index (χ1) is 9.86. The Morgan fingerprint density at radius 2 is 2.00 bits per heavy atom. The van der Waals surface area contributed by atoms with Gasteiger partial charge in [0.2, 0.25) is 5.91 Å². The lowest BCUT2D eigenvalue weighted by Gasteiger charge is -2.35. The fraction of sp³-hybridized carbons (Fsp3) is 0.533. The maximum atomic E-state index is 12.2. The Labute approximate surface area is 135 Å². The molecule has 0 bridgehead atoms. The summed E-state index contributed by atoms with van der Waals surface area (Å²) in [6.45, 7) is 5.71. The van der Waals surface area contributed by atoms with E-state index in [4.69, 9.17) is 28.9 Å². The van der Waals surface area contributed by atoms with Crippen molar-refractivity contribution in [2.75, 3.05) is 24.1 Å². The van der Waals surface area contributed by atoms with E-state index in [0.717, 1.165) is 25.3 Å². The molecule has 0 spiro atoms. The number of amides is 1. The van der Waals surface area contributed by atoms with Crippen LogP contribution in [0.2, 0.25) is 10.0 Å².